The molecule has 0 aromatic heterocycles. The van der Waals surface area contributed by atoms with Crippen LogP contribution in [-0.4, -0.2) is 52.8 Å². The molecule has 19 heavy (non-hydrogen) atoms. The minimum Gasteiger partial charge on any atom is -0.355 e. The van der Waals surface area contributed by atoms with Crippen molar-refractivity contribution in [3.8, 4) is 0 Å². The molecule has 1 atom stereocenters. The van der Waals surface area contributed by atoms with Gasteiger partial charge in [-0.25, -0.2) is 0 Å². The highest BCUT2D eigenvalue weighted by atomic mass is 32.2. The third kappa shape index (κ3) is 8.03. The van der Waals surface area contributed by atoms with E-state index in [9.17, 15) is 4.21 Å². The van der Waals surface area contributed by atoms with E-state index < -0.39 is 10.8 Å². The highest BCUT2D eigenvalue weighted by Gasteiger charge is 2.18. The summed E-state index contributed by atoms with van der Waals surface area (Å²) in [4.78, 5) is 6.32. The highest BCUT2D eigenvalue weighted by Crippen LogP contribution is 2.10. The van der Waals surface area contributed by atoms with Gasteiger partial charge in [-0.05, 0) is 33.6 Å². The van der Waals surface area contributed by atoms with Crippen LogP contribution in [0.15, 0.2) is 17.6 Å². The van der Waals surface area contributed by atoms with E-state index in [0.717, 1.165) is 25.3 Å². The van der Waals surface area contributed by atoms with E-state index in [-0.39, 0.29) is 4.75 Å². The van der Waals surface area contributed by atoms with Crippen molar-refractivity contribution in [2.45, 2.75) is 38.4 Å². The third-order valence-corrected chi connectivity index (χ3v) is 4.67. The minimum absolute atomic E-state index is 0.152. The van der Waals surface area contributed by atoms with Crippen LogP contribution in [0.25, 0.3) is 0 Å². The lowest BCUT2D eigenvalue weighted by Crippen LogP contribution is -2.41. The first-order chi connectivity index (χ1) is 8.82. The molecule has 0 aliphatic carbocycles. The molecule has 0 fully saturated rings. The van der Waals surface area contributed by atoms with Crippen molar-refractivity contribution in [3.63, 3.8) is 0 Å². The van der Waals surface area contributed by atoms with E-state index in [2.05, 4.69) is 21.8 Å². The molecule has 0 heterocycles. The zero-order chi connectivity index (χ0) is 14.9. The highest BCUT2D eigenvalue weighted by molar-refractivity contribution is 7.86. The van der Waals surface area contributed by atoms with Crippen LogP contribution in [0.5, 0.6) is 0 Å². The number of nitrogens with zero attached hydrogens (tertiary/aromatic N) is 2. The SMILES string of the molecule is C=CCCCN(C)C(=NC)NCCS(=O)C(C)(C)C. The van der Waals surface area contributed by atoms with Crippen molar-refractivity contribution in [3.05, 3.63) is 12.7 Å². The molecule has 1 unspecified atom stereocenters. The Kier molecular flexibility index (Phi) is 8.72. The molecule has 0 radical (unpaired) electrons. The van der Waals surface area contributed by atoms with Gasteiger partial charge in [-0.15, -0.1) is 6.58 Å². The van der Waals surface area contributed by atoms with E-state index in [1.807, 2.05) is 33.9 Å². The van der Waals surface area contributed by atoms with E-state index in [1.54, 1.807) is 7.05 Å². The maximum absolute atomic E-state index is 11.9. The molecular weight excluding hydrogens is 258 g/mol. The molecule has 0 aromatic carbocycles. The summed E-state index contributed by atoms with van der Waals surface area (Å²) in [6, 6.07) is 0. The van der Waals surface area contributed by atoms with Gasteiger partial charge in [0.15, 0.2) is 5.96 Å². The molecule has 0 aliphatic heterocycles. The Morgan fingerprint density at radius 2 is 2.11 bits per heavy atom. The largest absolute Gasteiger partial charge is 0.355 e. The fourth-order valence-corrected chi connectivity index (χ4v) is 2.42. The number of hydrogen-bond donors (Lipinski definition) is 1. The first-order valence-electron chi connectivity index (χ1n) is 6.74. The van der Waals surface area contributed by atoms with E-state index in [4.69, 9.17) is 0 Å². The smallest absolute Gasteiger partial charge is 0.193 e. The molecule has 0 saturated carbocycles. The predicted octanol–water partition coefficient (Wildman–Crippen LogP) is 2.01. The molecule has 4 nitrogen and oxygen atoms in total. The molecule has 0 saturated heterocycles. The number of nitrogens with one attached hydrogen (secondary N) is 1. The summed E-state index contributed by atoms with van der Waals surface area (Å²) in [6.07, 6.45) is 4.00. The summed E-state index contributed by atoms with van der Waals surface area (Å²) >= 11 is 0. The summed E-state index contributed by atoms with van der Waals surface area (Å²) in [6.45, 7) is 11.3. The molecule has 112 valence electrons. The Morgan fingerprint density at radius 1 is 1.47 bits per heavy atom. The molecule has 0 rings (SSSR count). The second-order valence-corrected chi connectivity index (χ2v) is 7.81. The van der Waals surface area contributed by atoms with Gasteiger partial charge in [0.05, 0.1) is 0 Å². The van der Waals surface area contributed by atoms with E-state index in [0.29, 0.717) is 12.3 Å². The monoisotopic (exact) mass is 287 g/mol. The summed E-state index contributed by atoms with van der Waals surface area (Å²) in [5.74, 6) is 1.50. The molecular formula is C14H29N3OS. The number of unbranched alkanes of at least 4 members (excludes halogenated alkanes) is 1. The summed E-state index contributed by atoms with van der Waals surface area (Å²) in [5, 5.41) is 3.26. The van der Waals surface area contributed by atoms with Gasteiger partial charge in [0.1, 0.15) is 0 Å². The summed E-state index contributed by atoms with van der Waals surface area (Å²) < 4.78 is 11.8. The molecule has 1 N–H and O–H groups in total. The van der Waals surface area contributed by atoms with Gasteiger partial charge >= 0.3 is 0 Å². The fraction of sp³-hybridized carbons (Fsp3) is 0.786. The Balaban J connectivity index is 4.07. The maximum Gasteiger partial charge on any atom is 0.193 e. The fourth-order valence-electron chi connectivity index (χ4n) is 1.53. The van der Waals surface area contributed by atoms with Gasteiger partial charge in [0, 0.05) is 48.5 Å². The van der Waals surface area contributed by atoms with Crippen LogP contribution in [0.2, 0.25) is 0 Å². The Bertz CT molecular complexity index is 321. The average molecular weight is 287 g/mol. The lowest BCUT2D eigenvalue weighted by Gasteiger charge is -2.23. The van der Waals surface area contributed by atoms with Crippen LogP contribution in [0.3, 0.4) is 0 Å². The molecule has 0 aliphatic rings. The Morgan fingerprint density at radius 3 is 2.58 bits per heavy atom. The van der Waals surface area contributed by atoms with Gasteiger partial charge in [0.2, 0.25) is 0 Å². The van der Waals surface area contributed by atoms with E-state index in [1.165, 1.54) is 0 Å². The van der Waals surface area contributed by atoms with Gasteiger partial charge in [0.25, 0.3) is 0 Å². The van der Waals surface area contributed by atoms with Gasteiger partial charge in [-0.2, -0.15) is 0 Å². The van der Waals surface area contributed by atoms with Crippen LogP contribution < -0.4 is 5.32 Å². The van der Waals surface area contributed by atoms with E-state index >= 15 is 0 Å². The van der Waals surface area contributed by atoms with Crippen molar-refractivity contribution in [1.82, 2.24) is 10.2 Å². The lowest BCUT2D eigenvalue weighted by molar-refractivity contribution is 0.472. The van der Waals surface area contributed by atoms with Crippen molar-refractivity contribution >= 4 is 16.8 Å². The van der Waals surface area contributed by atoms with Gasteiger partial charge in [-0.1, -0.05) is 6.08 Å². The zero-order valence-corrected chi connectivity index (χ0v) is 13.8. The second kappa shape index (κ2) is 9.13. The number of aliphatic imine (C=N–C) groups is 1. The van der Waals surface area contributed by atoms with Crippen LogP contribution in [0.4, 0.5) is 0 Å². The maximum atomic E-state index is 11.9. The van der Waals surface area contributed by atoms with Crippen LogP contribution >= 0.6 is 0 Å². The number of guanidine groups is 1. The van der Waals surface area contributed by atoms with Crippen LogP contribution in [0.1, 0.15) is 33.6 Å². The first-order valence-corrected chi connectivity index (χ1v) is 8.06. The van der Waals surface area contributed by atoms with Crippen molar-refractivity contribution in [2.24, 2.45) is 4.99 Å². The predicted molar refractivity (Wildman–Crippen MR) is 86.2 cm³/mol. The zero-order valence-electron chi connectivity index (χ0n) is 13.0. The van der Waals surface area contributed by atoms with Crippen molar-refractivity contribution in [2.75, 3.05) is 32.9 Å². The lowest BCUT2D eigenvalue weighted by atomic mass is 10.3. The molecule has 0 spiro atoms. The number of rotatable bonds is 7. The molecule has 0 amide bonds. The quantitative estimate of drug-likeness (QED) is 0.337. The van der Waals surface area contributed by atoms with Crippen molar-refractivity contribution in [1.29, 1.82) is 0 Å². The summed E-state index contributed by atoms with van der Waals surface area (Å²) in [7, 11) is 2.96. The van der Waals surface area contributed by atoms with Gasteiger partial charge < -0.3 is 10.2 Å². The van der Waals surface area contributed by atoms with Crippen LogP contribution in [0, 0.1) is 0 Å². The Hall–Kier alpha value is -0.840. The second-order valence-electron chi connectivity index (χ2n) is 5.49. The molecule has 0 aromatic rings. The molecule has 0 bridgehead atoms. The number of allylic oxidation sites excluding steroid dienone is 1. The average Bonchev–Trinajstić information content (AvgIpc) is 2.33. The van der Waals surface area contributed by atoms with Gasteiger partial charge in [-0.3, -0.25) is 9.20 Å². The first kappa shape index (κ1) is 18.2. The van der Waals surface area contributed by atoms with Crippen molar-refractivity contribution < 1.29 is 4.21 Å². The molecule has 5 heteroatoms. The minimum atomic E-state index is -0.825. The summed E-state index contributed by atoms with van der Waals surface area (Å²) in [5.41, 5.74) is 0. The standard InChI is InChI=1S/C14H29N3OS/c1-7-8-9-11-17(6)13(15-5)16-10-12-19(18)14(2,3)4/h7H,1,8-12H2,2-6H3,(H,15,16). The normalized spacial score (nSPS) is 14.1. The Labute approximate surface area is 120 Å². The number of hydrogen-bond acceptors (Lipinski definition) is 2. The topological polar surface area (TPSA) is 44.7 Å². The van der Waals surface area contributed by atoms with Crippen LogP contribution in [-0.2, 0) is 10.8 Å². The third-order valence-electron chi connectivity index (χ3n) is 2.73.